The summed E-state index contributed by atoms with van der Waals surface area (Å²) in [4.78, 5) is 37.2. The standard InChI is InChI=1S/C18H14ClN3O3/c19-13-8-6-12(7-9-13)10-15-17(24)22(18(25)21-15)11-16(23)20-14-4-2-1-3-5-14/h1-10H,11H2,(H,20,23)(H,21,25)/b15-10+. The van der Waals surface area contributed by atoms with Gasteiger partial charge in [-0.1, -0.05) is 41.9 Å². The first-order valence-electron chi connectivity index (χ1n) is 7.48. The molecule has 0 spiro atoms. The second kappa shape index (κ2) is 7.19. The highest BCUT2D eigenvalue weighted by Crippen LogP contribution is 2.16. The van der Waals surface area contributed by atoms with E-state index in [-0.39, 0.29) is 12.2 Å². The van der Waals surface area contributed by atoms with Crippen molar-refractivity contribution in [3.8, 4) is 0 Å². The van der Waals surface area contributed by atoms with Crippen molar-refractivity contribution in [3.05, 3.63) is 70.9 Å². The lowest BCUT2D eigenvalue weighted by atomic mass is 10.2. The molecule has 0 saturated carbocycles. The van der Waals surface area contributed by atoms with Gasteiger partial charge in [0.1, 0.15) is 12.2 Å². The largest absolute Gasteiger partial charge is 0.329 e. The fraction of sp³-hybridized carbons (Fsp3) is 0.0556. The maximum Gasteiger partial charge on any atom is 0.329 e. The van der Waals surface area contributed by atoms with Gasteiger partial charge in [0.05, 0.1) is 0 Å². The van der Waals surface area contributed by atoms with Crippen molar-refractivity contribution in [2.24, 2.45) is 0 Å². The maximum absolute atomic E-state index is 12.3. The summed E-state index contributed by atoms with van der Waals surface area (Å²) in [5.74, 6) is -1.01. The zero-order valence-corrected chi connectivity index (χ0v) is 13.8. The van der Waals surface area contributed by atoms with Crippen molar-refractivity contribution in [2.75, 3.05) is 11.9 Å². The Morgan fingerprint density at radius 2 is 1.76 bits per heavy atom. The molecule has 3 rings (SSSR count). The van der Waals surface area contributed by atoms with E-state index in [0.29, 0.717) is 16.3 Å². The zero-order chi connectivity index (χ0) is 17.8. The third kappa shape index (κ3) is 4.05. The lowest BCUT2D eigenvalue weighted by Crippen LogP contribution is -2.38. The minimum Gasteiger partial charge on any atom is -0.325 e. The number of hydrogen-bond donors (Lipinski definition) is 2. The molecule has 0 unspecified atom stereocenters. The minimum atomic E-state index is -0.631. The number of carbonyl (C=O) groups is 3. The van der Waals surface area contributed by atoms with Gasteiger partial charge in [-0.15, -0.1) is 0 Å². The Morgan fingerprint density at radius 1 is 1.08 bits per heavy atom. The van der Waals surface area contributed by atoms with E-state index in [0.717, 1.165) is 4.90 Å². The first-order valence-corrected chi connectivity index (χ1v) is 7.86. The predicted molar refractivity (Wildman–Crippen MR) is 94.7 cm³/mol. The topological polar surface area (TPSA) is 78.5 Å². The van der Waals surface area contributed by atoms with Crippen LogP contribution >= 0.6 is 11.6 Å². The summed E-state index contributed by atoms with van der Waals surface area (Å²) in [6, 6.07) is 15.0. The van der Waals surface area contributed by atoms with Gasteiger partial charge < -0.3 is 10.6 Å². The van der Waals surface area contributed by atoms with E-state index < -0.39 is 17.8 Å². The molecular weight excluding hydrogens is 342 g/mol. The van der Waals surface area contributed by atoms with Crippen LogP contribution in [-0.4, -0.2) is 29.3 Å². The highest BCUT2D eigenvalue weighted by atomic mass is 35.5. The van der Waals surface area contributed by atoms with Gasteiger partial charge in [0.25, 0.3) is 5.91 Å². The van der Waals surface area contributed by atoms with Gasteiger partial charge in [-0.2, -0.15) is 0 Å². The number of benzene rings is 2. The molecule has 1 aliphatic rings. The van der Waals surface area contributed by atoms with Crippen LogP contribution < -0.4 is 10.6 Å². The molecule has 7 heteroatoms. The Labute approximate surface area is 149 Å². The van der Waals surface area contributed by atoms with Crippen LogP contribution in [0, 0.1) is 0 Å². The highest BCUT2D eigenvalue weighted by molar-refractivity contribution is 6.30. The van der Waals surface area contributed by atoms with Crippen molar-refractivity contribution in [2.45, 2.75) is 0 Å². The predicted octanol–water partition coefficient (Wildman–Crippen LogP) is 2.87. The fourth-order valence-electron chi connectivity index (χ4n) is 2.31. The molecule has 1 heterocycles. The summed E-state index contributed by atoms with van der Waals surface area (Å²) in [6.07, 6.45) is 1.53. The summed E-state index contributed by atoms with van der Waals surface area (Å²) in [6.45, 7) is -0.364. The van der Waals surface area contributed by atoms with Crippen LogP contribution in [0.25, 0.3) is 6.08 Å². The molecule has 2 aromatic carbocycles. The van der Waals surface area contributed by atoms with Gasteiger partial charge in [-0.25, -0.2) is 9.69 Å². The summed E-state index contributed by atoms with van der Waals surface area (Å²) in [5.41, 5.74) is 1.42. The van der Waals surface area contributed by atoms with Crippen molar-refractivity contribution in [1.29, 1.82) is 0 Å². The molecule has 0 aliphatic carbocycles. The number of anilines is 1. The van der Waals surface area contributed by atoms with Crippen LogP contribution in [0.15, 0.2) is 60.3 Å². The Hall–Kier alpha value is -3.12. The van der Waals surface area contributed by atoms with Gasteiger partial charge >= 0.3 is 6.03 Å². The summed E-state index contributed by atoms with van der Waals surface area (Å²) < 4.78 is 0. The Kier molecular flexibility index (Phi) is 4.81. The van der Waals surface area contributed by atoms with Gasteiger partial charge in [0.15, 0.2) is 0 Å². The number of carbonyl (C=O) groups excluding carboxylic acids is 3. The second-order valence-electron chi connectivity index (χ2n) is 5.35. The zero-order valence-electron chi connectivity index (χ0n) is 13.0. The first-order chi connectivity index (χ1) is 12.0. The van der Waals surface area contributed by atoms with Crippen LogP contribution in [0.5, 0.6) is 0 Å². The number of nitrogens with zero attached hydrogens (tertiary/aromatic N) is 1. The molecule has 1 aliphatic heterocycles. The summed E-state index contributed by atoms with van der Waals surface area (Å²) in [7, 11) is 0. The molecule has 2 N–H and O–H groups in total. The van der Waals surface area contributed by atoms with E-state index in [2.05, 4.69) is 10.6 Å². The van der Waals surface area contributed by atoms with E-state index in [1.54, 1.807) is 48.5 Å². The van der Waals surface area contributed by atoms with Crippen LogP contribution in [0.1, 0.15) is 5.56 Å². The number of urea groups is 1. The van der Waals surface area contributed by atoms with Crippen molar-refractivity contribution >= 4 is 41.2 Å². The van der Waals surface area contributed by atoms with Crippen molar-refractivity contribution in [1.82, 2.24) is 10.2 Å². The van der Waals surface area contributed by atoms with Crippen LogP contribution in [-0.2, 0) is 9.59 Å². The van der Waals surface area contributed by atoms with Gasteiger partial charge in [-0.05, 0) is 35.9 Å². The molecule has 0 aromatic heterocycles. The average molecular weight is 356 g/mol. The Morgan fingerprint density at radius 3 is 2.44 bits per heavy atom. The number of imide groups is 1. The molecule has 2 aromatic rings. The number of nitrogens with one attached hydrogen (secondary N) is 2. The number of para-hydroxylation sites is 1. The number of rotatable bonds is 4. The first kappa shape index (κ1) is 16.7. The fourth-order valence-corrected chi connectivity index (χ4v) is 2.43. The van der Waals surface area contributed by atoms with Gasteiger partial charge in [-0.3, -0.25) is 9.59 Å². The van der Waals surface area contributed by atoms with Crippen LogP contribution in [0.4, 0.5) is 10.5 Å². The molecule has 126 valence electrons. The second-order valence-corrected chi connectivity index (χ2v) is 5.78. The monoisotopic (exact) mass is 355 g/mol. The molecule has 0 radical (unpaired) electrons. The van der Waals surface area contributed by atoms with Crippen molar-refractivity contribution < 1.29 is 14.4 Å². The van der Waals surface area contributed by atoms with Crippen molar-refractivity contribution in [3.63, 3.8) is 0 Å². The van der Waals surface area contributed by atoms with Gasteiger partial charge in [0.2, 0.25) is 5.91 Å². The van der Waals surface area contributed by atoms with E-state index >= 15 is 0 Å². The molecule has 4 amide bonds. The SMILES string of the molecule is O=C(CN1C(=O)N/C(=C/c2ccc(Cl)cc2)C1=O)Nc1ccccc1. The van der Waals surface area contributed by atoms with Crippen LogP contribution in [0.2, 0.25) is 5.02 Å². The summed E-state index contributed by atoms with van der Waals surface area (Å²) >= 11 is 5.82. The number of halogens is 1. The lowest BCUT2D eigenvalue weighted by Gasteiger charge is -2.11. The Balaban J connectivity index is 1.69. The lowest BCUT2D eigenvalue weighted by molar-refractivity contribution is -0.127. The normalized spacial score (nSPS) is 15.4. The molecular formula is C18H14ClN3O3. The number of hydrogen-bond acceptors (Lipinski definition) is 3. The van der Waals surface area contributed by atoms with Crippen LogP contribution in [0.3, 0.4) is 0 Å². The van der Waals surface area contributed by atoms with Gasteiger partial charge in [0, 0.05) is 10.7 Å². The maximum atomic E-state index is 12.3. The molecule has 1 saturated heterocycles. The quantitative estimate of drug-likeness (QED) is 0.654. The van der Waals surface area contributed by atoms with E-state index in [1.165, 1.54) is 6.08 Å². The minimum absolute atomic E-state index is 0.111. The van der Waals surface area contributed by atoms with E-state index in [4.69, 9.17) is 11.6 Å². The third-order valence-electron chi connectivity index (χ3n) is 3.50. The smallest absolute Gasteiger partial charge is 0.325 e. The molecule has 0 bridgehead atoms. The molecule has 6 nitrogen and oxygen atoms in total. The van der Waals surface area contributed by atoms with E-state index in [9.17, 15) is 14.4 Å². The summed E-state index contributed by atoms with van der Waals surface area (Å²) in [5, 5.41) is 5.68. The van der Waals surface area contributed by atoms with E-state index in [1.807, 2.05) is 6.07 Å². The highest BCUT2D eigenvalue weighted by Gasteiger charge is 2.34. The molecule has 25 heavy (non-hydrogen) atoms. The number of amides is 4. The Bertz CT molecular complexity index is 848. The third-order valence-corrected chi connectivity index (χ3v) is 3.75. The average Bonchev–Trinajstić information content (AvgIpc) is 2.85. The molecule has 0 atom stereocenters. The molecule has 1 fully saturated rings.